The number of hydrogen-bond donors (Lipinski definition) is 1. The lowest BCUT2D eigenvalue weighted by molar-refractivity contribution is -0.129. The molecule has 232 valence electrons. The number of aryl methyl sites for hydroxylation is 2. The summed E-state index contributed by atoms with van der Waals surface area (Å²) in [6, 6.07) is 13.2. The van der Waals surface area contributed by atoms with Crippen LogP contribution >= 0.6 is 11.6 Å². The van der Waals surface area contributed by atoms with Gasteiger partial charge in [-0.3, -0.25) is 19.1 Å². The number of nitrogens with one attached hydrogen (secondary N) is 1. The van der Waals surface area contributed by atoms with Crippen LogP contribution in [0.5, 0.6) is 11.5 Å². The zero-order valence-electron chi connectivity index (χ0n) is 25.2. The number of fused-ring (bicyclic) bond motifs is 9. The second-order valence-electron chi connectivity index (χ2n) is 12.0. The Hall–Kier alpha value is -4.05. The number of nitrogens with zero attached hydrogens (tertiary/aromatic N) is 4. The van der Waals surface area contributed by atoms with E-state index in [-0.39, 0.29) is 36.6 Å². The molecule has 4 aliphatic heterocycles. The summed E-state index contributed by atoms with van der Waals surface area (Å²) in [6.45, 7) is 6.71. The van der Waals surface area contributed by atoms with Crippen LogP contribution in [0, 0.1) is 12.3 Å². The van der Waals surface area contributed by atoms with Gasteiger partial charge in [-0.15, -0.1) is 0 Å². The van der Waals surface area contributed by atoms with Gasteiger partial charge in [0, 0.05) is 60.8 Å². The van der Waals surface area contributed by atoms with Gasteiger partial charge in [-0.05, 0) is 37.5 Å². The highest BCUT2D eigenvalue weighted by molar-refractivity contribution is 6.31. The highest BCUT2D eigenvalue weighted by Gasteiger charge is 2.53. The zero-order valence-corrected chi connectivity index (χ0v) is 25.9. The van der Waals surface area contributed by atoms with Crippen molar-refractivity contribution >= 4 is 29.3 Å². The summed E-state index contributed by atoms with van der Waals surface area (Å²) < 4.78 is 14.3. The first-order chi connectivity index (χ1) is 21.3. The lowest BCUT2D eigenvalue weighted by Crippen LogP contribution is -2.50. The van der Waals surface area contributed by atoms with Crippen molar-refractivity contribution in [1.29, 1.82) is 0 Å². The molecule has 44 heavy (non-hydrogen) atoms. The van der Waals surface area contributed by atoms with E-state index in [0.717, 1.165) is 17.5 Å². The summed E-state index contributed by atoms with van der Waals surface area (Å²) in [7, 11) is 0. The lowest BCUT2D eigenvalue weighted by Gasteiger charge is -2.40. The average molecular weight is 620 g/mol. The lowest BCUT2D eigenvalue weighted by atomic mass is 9.73. The minimum atomic E-state index is -0.547. The summed E-state index contributed by atoms with van der Waals surface area (Å²) in [5, 5.41) is 8.15. The molecule has 5 heterocycles. The highest BCUT2D eigenvalue weighted by Crippen LogP contribution is 2.52. The molecule has 2 atom stereocenters. The molecular weight excluding hydrogens is 582 g/mol. The number of carbonyl (C=O) groups is 3. The number of para-hydroxylation sites is 1. The second kappa shape index (κ2) is 12.5. The van der Waals surface area contributed by atoms with E-state index in [1.54, 1.807) is 21.8 Å². The van der Waals surface area contributed by atoms with E-state index in [1.165, 1.54) is 0 Å². The van der Waals surface area contributed by atoms with Crippen molar-refractivity contribution in [2.75, 3.05) is 45.9 Å². The molecule has 3 aromatic rings. The number of rotatable bonds is 5. The molecule has 1 spiro atoms. The third-order valence-electron chi connectivity index (χ3n) is 8.91. The van der Waals surface area contributed by atoms with Crippen molar-refractivity contribution in [2.24, 2.45) is 5.41 Å². The fourth-order valence-electron chi connectivity index (χ4n) is 6.61. The molecule has 0 radical (unpaired) electrons. The summed E-state index contributed by atoms with van der Waals surface area (Å²) in [5.74, 6) is 0.744. The van der Waals surface area contributed by atoms with Gasteiger partial charge in [0.1, 0.15) is 0 Å². The van der Waals surface area contributed by atoms with E-state index in [4.69, 9.17) is 21.1 Å². The molecule has 1 saturated heterocycles. The first kappa shape index (κ1) is 30.0. The molecule has 0 saturated carbocycles. The van der Waals surface area contributed by atoms with Crippen LogP contribution in [0.25, 0.3) is 0 Å². The van der Waals surface area contributed by atoms with Crippen molar-refractivity contribution in [3.05, 3.63) is 76.1 Å². The van der Waals surface area contributed by atoms with E-state index in [1.807, 2.05) is 48.2 Å². The number of ether oxygens (including phenoxy) is 2. The maximum atomic E-state index is 13.6. The van der Waals surface area contributed by atoms with Gasteiger partial charge in [0.15, 0.2) is 11.5 Å². The highest BCUT2D eigenvalue weighted by atomic mass is 35.5. The molecule has 1 aromatic heterocycles. The molecule has 11 heteroatoms. The standard InChI is InChI=1S/C33H38ClN5O5/c1-3-12-39-16-25(22(2)36-39)32(42)37-13-7-14-43-28-11-6-9-24-26-17-38(30(41)15-23-8-4-5-10-27(23)34)20-33(26,21-44-31(24)28)19-35-29(40)18-37/h4-6,8-11,16,26H,3,7,12-15,17-21H2,1-2H3,(H,35,40)/t26-,33+/m0/s1. The topological polar surface area (TPSA) is 106 Å². The van der Waals surface area contributed by atoms with Gasteiger partial charge in [-0.1, -0.05) is 48.9 Å². The van der Waals surface area contributed by atoms with Gasteiger partial charge in [0.05, 0.1) is 37.4 Å². The van der Waals surface area contributed by atoms with Crippen molar-refractivity contribution in [1.82, 2.24) is 24.9 Å². The number of halogens is 1. The minimum Gasteiger partial charge on any atom is -0.490 e. The number of aromatic nitrogens is 2. The van der Waals surface area contributed by atoms with Crippen LogP contribution in [0.3, 0.4) is 0 Å². The smallest absolute Gasteiger partial charge is 0.257 e. The quantitative estimate of drug-likeness (QED) is 0.465. The van der Waals surface area contributed by atoms with Crippen molar-refractivity contribution < 1.29 is 23.9 Å². The number of amides is 3. The first-order valence-electron chi connectivity index (χ1n) is 15.3. The zero-order chi connectivity index (χ0) is 30.8. The summed E-state index contributed by atoms with van der Waals surface area (Å²) in [4.78, 5) is 44.1. The van der Waals surface area contributed by atoms with Crippen LogP contribution in [0.15, 0.2) is 48.7 Å². The predicted molar refractivity (Wildman–Crippen MR) is 165 cm³/mol. The molecule has 4 aliphatic rings. The van der Waals surface area contributed by atoms with Crippen LogP contribution in [0.2, 0.25) is 5.02 Å². The molecule has 2 aromatic carbocycles. The Morgan fingerprint density at radius 1 is 1.14 bits per heavy atom. The Labute approximate surface area is 262 Å². The molecule has 1 N–H and O–H groups in total. The molecule has 10 nitrogen and oxygen atoms in total. The third-order valence-corrected chi connectivity index (χ3v) is 9.28. The third kappa shape index (κ3) is 5.87. The fraction of sp³-hybridized carbons (Fsp3) is 0.455. The van der Waals surface area contributed by atoms with Crippen molar-refractivity contribution in [3.8, 4) is 11.5 Å². The van der Waals surface area contributed by atoms with Crippen LogP contribution in [-0.4, -0.2) is 83.2 Å². The monoisotopic (exact) mass is 619 g/mol. The van der Waals surface area contributed by atoms with Crippen molar-refractivity contribution in [2.45, 2.75) is 45.6 Å². The Bertz CT molecular complexity index is 1570. The number of likely N-dealkylation sites (tertiary alicyclic amines) is 1. The van der Waals surface area contributed by atoms with E-state index in [2.05, 4.69) is 17.3 Å². The minimum absolute atomic E-state index is 0.0270. The molecule has 3 amide bonds. The van der Waals surface area contributed by atoms with Gasteiger partial charge < -0.3 is 24.6 Å². The summed E-state index contributed by atoms with van der Waals surface area (Å²) in [6.07, 6.45) is 3.39. The van der Waals surface area contributed by atoms with E-state index in [9.17, 15) is 14.4 Å². The number of hydrogen-bond acceptors (Lipinski definition) is 6. The SMILES string of the molecule is CCCn1cc(C(=O)N2CCCOc3cccc4c3OC[C@@]3(CNC(=O)C2)CN(C(=O)Cc2ccccc2Cl)C[C@@H]43)c(C)n1. The Morgan fingerprint density at radius 3 is 2.80 bits per heavy atom. The van der Waals surface area contributed by atoms with E-state index in [0.29, 0.717) is 80.1 Å². The Kier molecular flexibility index (Phi) is 8.53. The first-order valence-corrected chi connectivity index (χ1v) is 15.7. The van der Waals surface area contributed by atoms with Crippen LogP contribution in [0.4, 0.5) is 0 Å². The molecule has 4 bridgehead atoms. The maximum Gasteiger partial charge on any atom is 0.257 e. The molecule has 0 aliphatic carbocycles. The summed E-state index contributed by atoms with van der Waals surface area (Å²) >= 11 is 6.37. The van der Waals surface area contributed by atoms with Gasteiger partial charge >= 0.3 is 0 Å². The molecular formula is C33H38ClN5O5. The maximum absolute atomic E-state index is 13.6. The normalized spacial score (nSPS) is 21.6. The Morgan fingerprint density at radius 2 is 1.98 bits per heavy atom. The van der Waals surface area contributed by atoms with E-state index < -0.39 is 5.41 Å². The molecule has 0 unspecified atom stereocenters. The summed E-state index contributed by atoms with van der Waals surface area (Å²) in [5.41, 5.74) is 2.35. The molecule has 1 fully saturated rings. The Balaban J connectivity index is 1.26. The number of carbonyl (C=O) groups excluding carboxylic acids is 3. The largest absolute Gasteiger partial charge is 0.490 e. The molecule has 7 rings (SSSR count). The van der Waals surface area contributed by atoms with Gasteiger partial charge in [0.25, 0.3) is 5.91 Å². The van der Waals surface area contributed by atoms with Crippen LogP contribution in [-0.2, 0) is 22.6 Å². The average Bonchev–Trinajstić information content (AvgIpc) is 3.59. The predicted octanol–water partition coefficient (Wildman–Crippen LogP) is 3.84. The van der Waals surface area contributed by atoms with Crippen LogP contribution < -0.4 is 14.8 Å². The second-order valence-corrected chi connectivity index (χ2v) is 12.4. The van der Waals surface area contributed by atoms with Gasteiger partial charge in [-0.2, -0.15) is 5.10 Å². The number of benzene rings is 2. The van der Waals surface area contributed by atoms with Gasteiger partial charge in [0.2, 0.25) is 11.8 Å². The van der Waals surface area contributed by atoms with Crippen molar-refractivity contribution in [3.63, 3.8) is 0 Å². The van der Waals surface area contributed by atoms with Gasteiger partial charge in [-0.25, -0.2) is 0 Å². The fourth-order valence-corrected chi connectivity index (χ4v) is 6.81. The van der Waals surface area contributed by atoms with Crippen LogP contribution in [0.1, 0.15) is 52.9 Å². The van der Waals surface area contributed by atoms with E-state index >= 15 is 0 Å².